The van der Waals surface area contributed by atoms with Crippen molar-refractivity contribution in [3.63, 3.8) is 0 Å². The second-order valence-electron chi connectivity index (χ2n) is 5.97. The first-order valence-electron chi connectivity index (χ1n) is 8.69. The lowest BCUT2D eigenvalue weighted by Gasteiger charge is -2.19. The van der Waals surface area contributed by atoms with E-state index in [2.05, 4.69) is 16.5 Å². The number of rotatable bonds is 6. The third kappa shape index (κ3) is 3.67. The number of imidazole rings is 1. The fourth-order valence-corrected chi connectivity index (χ4v) is 2.95. The maximum absolute atomic E-state index is 12.5. The predicted octanol–water partition coefficient (Wildman–Crippen LogP) is 2.13. The number of nitrogens with one attached hydrogen (secondary N) is 1. The van der Waals surface area contributed by atoms with Gasteiger partial charge in [-0.2, -0.15) is 10.4 Å². The van der Waals surface area contributed by atoms with Crippen molar-refractivity contribution in [1.29, 1.82) is 5.26 Å². The number of aromatic nitrogens is 3. The highest BCUT2D eigenvalue weighted by Crippen LogP contribution is 2.14. The minimum absolute atomic E-state index is 0.0328. The molecular weight excluding hydrogens is 344 g/mol. The van der Waals surface area contributed by atoms with Gasteiger partial charge < -0.3 is 14.8 Å². The van der Waals surface area contributed by atoms with E-state index in [0.717, 1.165) is 0 Å². The van der Waals surface area contributed by atoms with Crippen LogP contribution in [0.15, 0.2) is 42.9 Å². The monoisotopic (exact) mass is 364 g/mol. The van der Waals surface area contributed by atoms with Gasteiger partial charge in [0.25, 0.3) is 5.91 Å². The van der Waals surface area contributed by atoms with Crippen LogP contribution in [-0.4, -0.2) is 44.0 Å². The molecule has 0 unspecified atom stereocenters. The zero-order valence-corrected chi connectivity index (χ0v) is 15.2. The number of amides is 2. The number of benzene rings is 1. The van der Waals surface area contributed by atoms with Crippen LogP contribution in [0.5, 0.6) is 0 Å². The zero-order valence-electron chi connectivity index (χ0n) is 15.2. The number of nitrogens with zero attached hydrogens (tertiary/aromatic N) is 5. The Bertz CT molecular complexity index is 1020. The molecule has 8 nitrogen and oxygen atoms in total. The third-order valence-electron chi connectivity index (χ3n) is 4.31. The molecule has 27 heavy (non-hydrogen) atoms. The van der Waals surface area contributed by atoms with E-state index >= 15 is 0 Å². The topological polar surface area (TPSA) is 95.4 Å². The van der Waals surface area contributed by atoms with Gasteiger partial charge in [0.1, 0.15) is 18.2 Å². The summed E-state index contributed by atoms with van der Waals surface area (Å²) in [7, 11) is 0. The van der Waals surface area contributed by atoms with E-state index in [0.29, 0.717) is 35.6 Å². The zero-order chi connectivity index (χ0) is 19.4. The van der Waals surface area contributed by atoms with Gasteiger partial charge in [0.2, 0.25) is 5.91 Å². The summed E-state index contributed by atoms with van der Waals surface area (Å²) in [6.45, 7) is 5.14. The number of hydrogen-bond donors (Lipinski definition) is 1. The second-order valence-corrected chi connectivity index (χ2v) is 5.97. The molecule has 8 heteroatoms. The molecule has 2 amide bonds. The first-order chi connectivity index (χ1) is 13.1. The molecule has 0 fully saturated rings. The Kier molecular flexibility index (Phi) is 5.22. The molecule has 0 saturated heterocycles. The van der Waals surface area contributed by atoms with Crippen LogP contribution in [0.4, 0.5) is 5.69 Å². The Labute approximate surface area is 156 Å². The molecule has 138 valence electrons. The molecule has 3 aromatic rings. The fourth-order valence-electron chi connectivity index (χ4n) is 2.95. The summed E-state index contributed by atoms with van der Waals surface area (Å²) in [6, 6.07) is 8.95. The van der Waals surface area contributed by atoms with E-state index < -0.39 is 0 Å². The van der Waals surface area contributed by atoms with Crippen molar-refractivity contribution in [1.82, 2.24) is 19.1 Å². The number of hydrogen-bond acceptors (Lipinski definition) is 4. The minimum Gasteiger partial charge on any atom is -0.339 e. The highest BCUT2D eigenvalue weighted by molar-refractivity contribution is 5.97. The van der Waals surface area contributed by atoms with Crippen LogP contribution in [-0.2, 0) is 11.3 Å². The lowest BCUT2D eigenvalue weighted by molar-refractivity contribution is -0.116. The summed E-state index contributed by atoms with van der Waals surface area (Å²) >= 11 is 0. The summed E-state index contributed by atoms with van der Waals surface area (Å²) < 4.78 is 3.21. The molecular formula is C19H20N6O2. The van der Waals surface area contributed by atoms with Gasteiger partial charge >= 0.3 is 0 Å². The van der Waals surface area contributed by atoms with Crippen molar-refractivity contribution < 1.29 is 9.59 Å². The maximum atomic E-state index is 12.5. The van der Waals surface area contributed by atoms with Gasteiger partial charge in [0.05, 0.1) is 6.20 Å². The quantitative estimate of drug-likeness (QED) is 0.725. The molecule has 0 aliphatic heterocycles. The average molecular weight is 364 g/mol. The van der Waals surface area contributed by atoms with E-state index in [9.17, 15) is 9.59 Å². The molecule has 0 aliphatic rings. The van der Waals surface area contributed by atoms with Crippen molar-refractivity contribution in [3.8, 4) is 6.07 Å². The number of carbonyl (C=O) groups is 2. The van der Waals surface area contributed by atoms with E-state index in [-0.39, 0.29) is 18.4 Å². The molecule has 0 saturated carbocycles. The van der Waals surface area contributed by atoms with E-state index in [1.807, 2.05) is 13.8 Å². The number of anilines is 1. The Balaban J connectivity index is 1.74. The number of fused-ring (bicyclic) bond motifs is 1. The van der Waals surface area contributed by atoms with Crippen LogP contribution >= 0.6 is 0 Å². The summed E-state index contributed by atoms with van der Waals surface area (Å²) in [6.07, 6.45) is 4.85. The number of carbonyl (C=O) groups excluding carboxylic acids is 2. The molecule has 0 spiro atoms. The number of nitriles is 1. The van der Waals surface area contributed by atoms with Gasteiger partial charge in [-0.25, -0.2) is 4.52 Å². The largest absolute Gasteiger partial charge is 0.339 e. The van der Waals surface area contributed by atoms with Crippen molar-refractivity contribution >= 4 is 23.1 Å². The smallest absolute Gasteiger partial charge is 0.253 e. The summed E-state index contributed by atoms with van der Waals surface area (Å²) in [5.74, 6) is -0.327. The van der Waals surface area contributed by atoms with Crippen molar-refractivity contribution in [2.45, 2.75) is 20.4 Å². The normalized spacial score (nSPS) is 10.6. The molecule has 2 heterocycles. The summed E-state index contributed by atoms with van der Waals surface area (Å²) in [5, 5.41) is 16.0. The van der Waals surface area contributed by atoms with Gasteiger partial charge in [0, 0.05) is 36.7 Å². The van der Waals surface area contributed by atoms with Gasteiger partial charge in [-0.15, -0.1) is 0 Å². The van der Waals surface area contributed by atoms with Crippen LogP contribution in [0.1, 0.15) is 29.8 Å². The standard InChI is InChI=1S/C19H20N6O2/c1-3-23(4-2)19(27)14-6-5-7-16(10-14)22-17(26)13-24-8-9-25-18(24)15(11-20)12-21-25/h5-10,12H,3-4,13H2,1-2H3,(H,22,26). The molecule has 2 aromatic heterocycles. The minimum atomic E-state index is -0.259. The molecule has 3 rings (SSSR count). The Hall–Kier alpha value is -3.60. The van der Waals surface area contributed by atoms with Crippen LogP contribution < -0.4 is 5.32 Å². The molecule has 0 radical (unpaired) electrons. The first kappa shape index (κ1) is 18.2. The summed E-state index contributed by atoms with van der Waals surface area (Å²) in [5.41, 5.74) is 2.05. The maximum Gasteiger partial charge on any atom is 0.253 e. The Morgan fingerprint density at radius 1 is 1.26 bits per heavy atom. The first-order valence-corrected chi connectivity index (χ1v) is 8.69. The van der Waals surface area contributed by atoms with Gasteiger partial charge in [-0.1, -0.05) is 6.07 Å². The van der Waals surface area contributed by atoms with Crippen LogP contribution in [0.3, 0.4) is 0 Å². The van der Waals surface area contributed by atoms with Crippen molar-refractivity contribution in [3.05, 3.63) is 54.0 Å². The van der Waals surface area contributed by atoms with Crippen molar-refractivity contribution in [2.24, 2.45) is 0 Å². The van der Waals surface area contributed by atoms with Crippen LogP contribution in [0.2, 0.25) is 0 Å². The molecule has 1 N–H and O–H groups in total. The van der Waals surface area contributed by atoms with Gasteiger partial charge in [0.15, 0.2) is 5.65 Å². The lowest BCUT2D eigenvalue weighted by Crippen LogP contribution is -2.30. The molecule has 1 aromatic carbocycles. The van der Waals surface area contributed by atoms with Crippen LogP contribution in [0, 0.1) is 11.3 Å². The SMILES string of the molecule is CCN(CC)C(=O)c1cccc(NC(=O)Cn2ccn3ncc(C#N)c23)c1. The van der Waals surface area contributed by atoms with Gasteiger partial charge in [-0.05, 0) is 32.0 Å². The molecule has 0 aliphatic carbocycles. The summed E-state index contributed by atoms with van der Waals surface area (Å²) in [4.78, 5) is 26.6. The highest BCUT2D eigenvalue weighted by atomic mass is 16.2. The fraction of sp³-hybridized carbons (Fsp3) is 0.263. The second kappa shape index (κ2) is 7.74. The Morgan fingerprint density at radius 3 is 2.74 bits per heavy atom. The Morgan fingerprint density at radius 2 is 2.04 bits per heavy atom. The van der Waals surface area contributed by atoms with Gasteiger partial charge in [-0.3, -0.25) is 9.59 Å². The highest BCUT2D eigenvalue weighted by Gasteiger charge is 2.14. The molecule has 0 atom stereocenters. The van der Waals surface area contributed by atoms with Crippen LogP contribution in [0.25, 0.3) is 5.65 Å². The average Bonchev–Trinajstić information content (AvgIpc) is 3.25. The van der Waals surface area contributed by atoms with Crippen molar-refractivity contribution in [2.75, 3.05) is 18.4 Å². The van der Waals surface area contributed by atoms with E-state index in [1.165, 1.54) is 6.20 Å². The molecule has 0 bridgehead atoms. The van der Waals surface area contributed by atoms with E-state index in [1.54, 1.807) is 50.6 Å². The third-order valence-corrected chi connectivity index (χ3v) is 4.31. The van der Waals surface area contributed by atoms with E-state index in [4.69, 9.17) is 5.26 Å². The predicted molar refractivity (Wildman–Crippen MR) is 100 cm³/mol. The lowest BCUT2D eigenvalue weighted by atomic mass is 10.1.